The average Bonchev–Trinajstić information content (AvgIpc) is 2.85. The number of para-hydroxylation sites is 1. The minimum absolute atomic E-state index is 0.105. The number of fused-ring (bicyclic) bond motifs is 1. The van der Waals surface area contributed by atoms with E-state index in [4.69, 9.17) is 5.73 Å². The first-order valence-corrected chi connectivity index (χ1v) is 12.5. The van der Waals surface area contributed by atoms with E-state index in [0.29, 0.717) is 0 Å². The molecule has 208 valence electrons. The molecule has 0 bridgehead atoms. The number of hydrazine groups is 1. The van der Waals surface area contributed by atoms with Gasteiger partial charge in [0.1, 0.15) is 29.4 Å². The molecule has 1 heterocycles. The zero-order chi connectivity index (χ0) is 28.4. The van der Waals surface area contributed by atoms with Gasteiger partial charge in [0.2, 0.25) is 29.5 Å². The van der Waals surface area contributed by atoms with E-state index in [1.54, 1.807) is 12.1 Å². The fourth-order valence-electron chi connectivity index (χ4n) is 3.46. The standard InChI is InChI=1S/C22H31N7O8S/c1-10-18(32)27-13(7-16(23)31)19(33)26-12-6-4-3-5-11(12)17(22(36)37)38-9-15(29-24-2)21(35)28-14(8-30)20(34)25-10/h3-6,10,13-15,17,24,29-30H,7-9H2,1-2H3,(H2,23,31)(H,25,34)(H,26,33)(H,27,32)(H,28,35)(H,36,37)/t10?,13-,14?,15?,17?/m0/s1. The summed E-state index contributed by atoms with van der Waals surface area (Å²) in [5.41, 5.74) is 10.8. The van der Waals surface area contributed by atoms with Gasteiger partial charge in [-0.05, 0) is 25.6 Å². The van der Waals surface area contributed by atoms with E-state index in [0.717, 1.165) is 11.8 Å². The van der Waals surface area contributed by atoms with Crippen molar-refractivity contribution in [1.29, 1.82) is 0 Å². The Bertz CT molecular complexity index is 1070. The first-order chi connectivity index (χ1) is 18.0. The number of benzene rings is 1. The Morgan fingerprint density at radius 3 is 2.29 bits per heavy atom. The van der Waals surface area contributed by atoms with Gasteiger partial charge in [0.15, 0.2) is 0 Å². The van der Waals surface area contributed by atoms with Crippen molar-refractivity contribution in [3.05, 3.63) is 29.8 Å². The number of aliphatic carboxylic acids is 1. The summed E-state index contributed by atoms with van der Waals surface area (Å²) in [7, 11) is 1.49. The maximum absolute atomic E-state index is 13.1. The molecule has 0 aromatic heterocycles. The van der Waals surface area contributed by atoms with Gasteiger partial charge in [-0.15, -0.1) is 11.8 Å². The molecule has 5 atom stereocenters. The van der Waals surface area contributed by atoms with E-state index in [1.807, 2.05) is 0 Å². The predicted molar refractivity (Wildman–Crippen MR) is 136 cm³/mol. The molecule has 0 saturated carbocycles. The molecule has 5 amide bonds. The topological polar surface area (TPSA) is 241 Å². The molecule has 15 nitrogen and oxygen atoms in total. The summed E-state index contributed by atoms with van der Waals surface area (Å²) in [5, 5.41) is 27.9. The van der Waals surface area contributed by atoms with E-state index in [2.05, 4.69) is 32.1 Å². The average molecular weight is 554 g/mol. The number of aliphatic hydroxyl groups excluding tert-OH is 1. The van der Waals surface area contributed by atoms with Crippen LogP contribution >= 0.6 is 11.8 Å². The lowest BCUT2D eigenvalue weighted by molar-refractivity contribution is -0.136. The summed E-state index contributed by atoms with van der Waals surface area (Å²) >= 11 is 0.866. The molecule has 1 aliphatic heterocycles. The molecule has 2 rings (SSSR count). The quantitative estimate of drug-likeness (QED) is 0.160. The number of nitrogens with two attached hydrogens (primary N) is 1. The number of hydrogen-bond acceptors (Lipinski definition) is 10. The third kappa shape index (κ3) is 8.41. The Hall–Kier alpha value is -3.73. The van der Waals surface area contributed by atoms with Crippen LogP contribution in [0.1, 0.15) is 24.2 Å². The lowest BCUT2D eigenvalue weighted by Gasteiger charge is -2.24. The first-order valence-electron chi connectivity index (χ1n) is 11.4. The Balaban J connectivity index is 2.53. The molecule has 0 spiro atoms. The molecule has 16 heteroatoms. The zero-order valence-corrected chi connectivity index (χ0v) is 21.5. The van der Waals surface area contributed by atoms with Crippen molar-refractivity contribution in [2.45, 2.75) is 42.8 Å². The van der Waals surface area contributed by atoms with E-state index >= 15 is 0 Å². The highest BCUT2D eigenvalue weighted by atomic mass is 32.2. The molecular formula is C22H31N7O8S. The van der Waals surface area contributed by atoms with Crippen LogP contribution in [0.2, 0.25) is 0 Å². The van der Waals surface area contributed by atoms with Crippen molar-refractivity contribution < 1.29 is 39.0 Å². The van der Waals surface area contributed by atoms with Crippen molar-refractivity contribution in [3.8, 4) is 0 Å². The summed E-state index contributed by atoms with van der Waals surface area (Å²) in [6.07, 6.45) is -0.579. The third-order valence-electron chi connectivity index (χ3n) is 5.40. The minimum atomic E-state index is -1.45. The second kappa shape index (κ2) is 14.3. The smallest absolute Gasteiger partial charge is 0.321 e. The minimum Gasteiger partial charge on any atom is -0.480 e. The second-order valence-corrected chi connectivity index (χ2v) is 9.42. The van der Waals surface area contributed by atoms with Crippen LogP contribution < -0.4 is 37.9 Å². The third-order valence-corrected chi connectivity index (χ3v) is 6.71. The summed E-state index contributed by atoms with van der Waals surface area (Å²) in [5.74, 6) is -5.58. The molecule has 38 heavy (non-hydrogen) atoms. The predicted octanol–water partition coefficient (Wildman–Crippen LogP) is -3.07. The first kappa shape index (κ1) is 30.5. The number of amides is 5. The van der Waals surface area contributed by atoms with Crippen molar-refractivity contribution in [1.82, 2.24) is 26.8 Å². The number of anilines is 1. The van der Waals surface area contributed by atoms with Gasteiger partial charge < -0.3 is 37.2 Å². The molecule has 0 saturated heterocycles. The monoisotopic (exact) mass is 553 g/mol. The van der Waals surface area contributed by atoms with Crippen LogP contribution in [0.4, 0.5) is 5.69 Å². The molecule has 0 aliphatic carbocycles. The number of aliphatic hydroxyl groups is 1. The highest BCUT2D eigenvalue weighted by Gasteiger charge is 2.32. The van der Waals surface area contributed by atoms with Crippen molar-refractivity contribution in [3.63, 3.8) is 0 Å². The Labute approximate surface area is 222 Å². The number of rotatable bonds is 6. The molecular weight excluding hydrogens is 522 g/mol. The summed E-state index contributed by atoms with van der Waals surface area (Å²) in [6, 6.07) is 0.864. The number of primary amides is 1. The number of carbonyl (C=O) groups is 6. The number of carboxylic acids is 1. The molecule has 0 fully saturated rings. The van der Waals surface area contributed by atoms with Crippen molar-refractivity contribution in [2.24, 2.45) is 5.73 Å². The Morgan fingerprint density at radius 2 is 1.68 bits per heavy atom. The molecule has 10 N–H and O–H groups in total. The normalized spacial score (nSPS) is 25.6. The lowest BCUT2D eigenvalue weighted by Crippen LogP contribution is -2.59. The summed E-state index contributed by atoms with van der Waals surface area (Å²) < 4.78 is 0. The molecule has 4 unspecified atom stereocenters. The van der Waals surface area contributed by atoms with Crippen molar-refractivity contribution in [2.75, 3.05) is 24.7 Å². The lowest BCUT2D eigenvalue weighted by atomic mass is 10.1. The molecule has 0 radical (unpaired) electrons. The van der Waals surface area contributed by atoms with Gasteiger partial charge in [-0.25, -0.2) is 5.43 Å². The van der Waals surface area contributed by atoms with Crippen LogP contribution in [0.3, 0.4) is 0 Å². The van der Waals surface area contributed by atoms with Crippen LogP contribution in [0.25, 0.3) is 0 Å². The van der Waals surface area contributed by atoms with Crippen LogP contribution in [-0.4, -0.2) is 89.3 Å². The summed E-state index contributed by atoms with van der Waals surface area (Å²) in [6.45, 7) is 0.495. The van der Waals surface area contributed by atoms with Crippen LogP contribution in [-0.2, 0) is 28.8 Å². The largest absolute Gasteiger partial charge is 0.480 e. The molecule has 1 aliphatic rings. The molecule has 1 aromatic rings. The number of carboxylic acid groups (broad SMARTS) is 1. The highest BCUT2D eigenvalue weighted by Crippen LogP contribution is 2.34. The van der Waals surface area contributed by atoms with Gasteiger partial charge in [-0.1, -0.05) is 18.2 Å². The van der Waals surface area contributed by atoms with E-state index in [-0.39, 0.29) is 17.0 Å². The fourth-order valence-corrected chi connectivity index (χ4v) is 4.60. The molecule has 1 aromatic carbocycles. The van der Waals surface area contributed by atoms with Gasteiger partial charge in [-0.3, -0.25) is 34.2 Å². The fraction of sp³-hybridized carbons (Fsp3) is 0.455. The SMILES string of the molecule is CNNC1CSC(C(=O)O)c2ccccc2NC(=O)[C@H](CC(N)=O)NC(=O)C(C)NC(=O)C(CO)NC1=O. The highest BCUT2D eigenvalue weighted by molar-refractivity contribution is 8.00. The number of thioether (sulfide) groups is 1. The van der Waals surface area contributed by atoms with Crippen LogP contribution in [0.5, 0.6) is 0 Å². The number of hydrogen-bond donors (Lipinski definition) is 9. The van der Waals surface area contributed by atoms with Gasteiger partial charge in [-0.2, -0.15) is 0 Å². The Kier molecular flexibility index (Phi) is 11.5. The van der Waals surface area contributed by atoms with E-state index in [1.165, 1.54) is 26.1 Å². The van der Waals surface area contributed by atoms with Gasteiger partial charge in [0.05, 0.1) is 13.0 Å². The zero-order valence-electron chi connectivity index (χ0n) is 20.6. The van der Waals surface area contributed by atoms with E-state index < -0.39 is 78.0 Å². The Morgan fingerprint density at radius 1 is 1.03 bits per heavy atom. The van der Waals surface area contributed by atoms with Gasteiger partial charge in [0, 0.05) is 11.4 Å². The van der Waals surface area contributed by atoms with E-state index in [9.17, 15) is 39.0 Å². The number of nitrogens with one attached hydrogen (secondary N) is 6. The maximum Gasteiger partial charge on any atom is 0.321 e. The van der Waals surface area contributed by atoms with Gasteiger partial charge in [0.25, 0.3) is 0 Å². The second-order valence-electron chi connectivity index (χ2n) is 8.28. The number of carbonyl (C=O) groups excluding carboxylic acids is 5. The van der Waals surface area contributed by atoms with Crippen LogP contribution in [0.15, 0.2) is 24.3 Å². The maximum atomic E-state index is 13.1. The van der Waals surface area contributed by atoms with Crippen molar-refractivity contribution >= 4 is 53.0 Å². The van der Waals surface area contributed by atoms with Crippen LogP contribution in [0, 0.1) is 0 Å². The van der Waals surface area contributed by atoms with Gasteiger partial charge >= 0.3 is 5.97 Å². The summed E-state index contributed by atoms with van der Waals surface area (Å²) in [4.78, 5) is 75.1.